The highest BCUT2D eigenvalue weighted by molar-refractivity contribution is 6.33. The minimum absolute atomic E-state index is 0.0310. The molecule has 2 amide bonds. The van der Waals surface area contributed by atoms with Crippen molar-refractivity contribution in [3.63, 3.8) is 0 Å². The molecule has 2 aromatic heterocycles. The molecule has 0 saturated carbocycles. The van der Waals surface area contributed by atoms with Crippen LogP contribution in [0.15, 0.2) is 51.8 Å². The average Bonchev–Trinajstić information content (AvgIpc) is 3.10. The van der Waals surface area contributed by atoms with Gasteiger partial charge in [0.2, 0.25) is 5.56 Å². The molecule has 3 N–H and O–H groups in total. The van der Waals surface area contributed by atoms with E-state index < -0.39 is 11.8 Å². The molecular formula is C26H24ClFN4O3. The summed E-state index contributed by atoms with van der Waals surface area (Å²) in [6.45, 7) is 3.87. The molecule has 1 aliphatic carbocycles. The van der Waals surface area contributed by atoms with Crippen molar-refractivity contribution >= 4 is 34.4 Å². The first kappa shape index (κ1) is 23.1. The van der Waals surface area contributed by atoms with Gasteiger partial charge < -0.3 is 20.0 Å². The fraction of sp³-hybridized carbons (Fsp3) is 0.269. The number of hydrogen-bond donors (Lipinski definition) is 3. The van der Waals surface area contributed by atoms with Crippen molar-refractivity contribution in [2.45, 2.75) is 39.2 Å². The third kappa shape index (κ3) is 4.79. The van der Waals surface area contributed by atoms with Gasteiger partial charge in [-0.1, -0.05) is 24.6 Å². The van der Waals surface area contributed by atoms with Crippen LogP contribution >= 0.6 is 11.6 Å². The largest absolute Gasteiger partial charge is 0.441 e. The second kappa shape index (κ2) is 9.19. The molecule has 0 saturated heterocycles. The number of halogens is 2. The molecule has 2 atom stereocenters. The maximum absolute atomic E-state index is 15.0. The SMILES string of the molecule is Cc1nc2ccc(-c3cc(F)c(NC(=O)N[C@@H]4CC[C@H](C)Cc5cc(=O)[nH]cc54)cc3Cl)cc2o1. The molecule has 9 heteroatoms. The van der Waals surface area contributed by atoms with Crippen molar-refractivity contribution in [2.75, 3.05) is 5.32 Å². The zero-order valence-electron chi connectivity index (χ0n) is 19.2. The van der Waals surface area contributed by atoms with E-state index in [4.69, 9.17) is 16.0 Å². The number of carbonyl (C=O) groups excluding carboxylic acids is 1. The number of nitrogens with zero attached hydrogens (tertiary/aromatic N) is 1. The number of anilines is 1. The van der Waals surface area contributed by atoms with Crippen LogP contribution in [0.25, 0.3) is 22.2 Å². The van der Waals surface area contributed by atoms with Crippen LogP contribution in [0.1, 0.15) is 42.8 Å². The molecule has 5 rings (SSSR count). The summed E-state index contributed by atoms with van der Waals surface area (Å²) in [6, 6.07) is 8.74. The quantitative estimate of drug-likeness (QED) is 0.299. The number of carbonyl (C=O) groups is 1. The van der Waals surface area contributed by atoms with E-state index in [1.807, 2.05) is 0 Å². The second-order valence-corrected chi connectivity index (χ2v) is 9.45. The van der Waals surface area contributed by atoms with Gasteiger partial charge in [0, 0.05) is 24.8 Å². The summed E-state index contributed by atoms with van der Waals surface area (Å²) < 4.78 is 20.6. The summed E-state index contributed by atoms with van der Waals surface area (Å²) >= 11 is 6.47. The fourth-order valence-corrected chi connectivity index (χ4v) is 4.92. The van der Waals surface area contributed by atoms with Crippen LogP contribution in [0.3, 0.4) is 0 Å². The lowest BCUT2D eigenvalue weighted by Crippen LogP contribution is -2.33. The first-order valence-corrected chi connectivity index (χ1v) is 11.8. The molecule has 0 spiro atoms. The predicted octanol–water partition coefficient (Wildman–Crippen LogP) is 6.12. The molecule has 0 fully saturated rings. The summed E-state index contributed by atoms with van der Waals surface area (Å²) in [7, 11) is 0. The van der Waals surface area contributed by atoms with Gasteiger partial charge in [-0.25, -0.2) is 14.2 Å². The van der Waals surface area contributed by atoms with E-state index in [2.05, 4.69) is 27.5 Å². The van der Waals surface area contributed by atoms with E-state index in [1.165, 1.54) is 12.1 Å². The topological polar surface area (TPSA) is 100 Å². The van der Waals surface area contributed by atoms with E-state index in [0.29, 0.717) is 40.5 Å². The van der Waals surface area contributed by atoms with E-state index in [0.717, 1.165) is 24.0 Å². The maximum Gasteiger partial charge on any atom is 0.319 e. The maximum atomic E-state index is 15.0. The number of aromatic nitrogens is 2. The van der Waals surface area contributed by atoms with E-state index in [9.17, 15) is 14.0 Å². The molecule has 7 nitrogen and oxygen atoms in total. The number of oxazole rings is 1. The van der Waals surface area contributed by atoms with Crippen LogP contribution in [0, 0.1) is 18.7 Å². The molecule has 0 aliphatic heterocycles. The number of aryl methyl sites for hydroxylation is 1. The average molecular weight is 495 g/mol. The lowest BCUT2D eigenvalue weighted by atomic mass is 10.00. The normalized spacial score (nSPS) is 17.6. The monoisotopic (exact) mass is 494 g/mol. The summed E-state index contributed by atoms with van der Waals surface area (Å²) in [5, 5.41) is 5.77. The predicted molar refractivity (Wildman–Crippen MR) is 133 cm³/mol. The second-order valence-electron chi connectivity index (χ2n) is 9.04. The number of nitrogens with one attached hydrogen (secondary N) is 3. The number of benzene rings is 2. The number of aromatic amines is 1. The number of fused-ring (bicyclic) bond motifs is 2. The fourth-order valence-electron chi connectivity index (χ4n) is 4.65. The smallest absolute Gasteiger partial charge is 0.319 e. The number of amides is 2. The van der Waals surface area contributed by atoms with Crippen molar-refractivity contribution < 1.29 is 13.6 Å². The molecule has 2 aromatic carbocycles. The van der Waals surface area contributed by atoms with Gasteiger partial charge >= 0.3 is 6.03 Å². The number of hydrogen-bond acceptors (Lipinski definition) is 4. The lowest BCUT2D eigenvalue weighted by molar-refractivity contribution is 0.247. The van der Waals surface area contributed by atoms with Gasteiger partial charge in [0.05, 0.1) is 16.8 Å². The van der Waals surface area contributed by atoms with Gasteiger partial charge in [-0.05, 0) is 66.1 Å². The van der Waals surface area contributed by atoms with Crippen molar-refractivity contribution in [1.29, 1.82) is 0 Å². The number of pyridine rings is 1. The molecule has 0 bridgehead atoms. The van der Waals surface area contributed by atoms with Crippen LogP contribution in [-0.4, -0.2) is 16.0 Å². The third-order valence-corrected chi connectivity index (χ3v) is 6.67. The summed E-state index contributed by atoms with van der Waals surface area (Å²) in [5.74, 6) is 0.305. The molecule has 0 unspecified atom stereocenters. The Morgan fingerprint density at radius 3 is 2.89 bits per heavy atom. The van der Waals surface area contributed by atoms with Gasteiger partial charge in [0.15, 0.2) is 11.5 Å². The van der Waals surface area contributed by atoms with Crippen LogP contribution in [0.5, 0.6) is 0 Å². The van der Waals surface area contributed by atoms with E-state index in [-0.39, 0.29) is 22.3 Å². The first-order chi connectivity index (χ1) is 16.8. The zero-order chi connectivity index (χ0) is 24.7. The highest BCUT2D eigenvalue weighted by Gasteiger charge is 2.24. The van der Waals surface area contributed by atoms with Crippen LogP contribution in [0.2, 0.25) is 5.02 Å². The Morgan fingerprint density at radius 2 is 2.06 bits per heavy atom. The summed E-state index contributed by atoms with van der Waals surface area (Å²) in [4.78, 5) is 31.5. The number of H-pyrrole nitrogens is 1. The Kier molecular flexibility index (Phi) is 6.06. The van der Waals surface area contributed by atoms with Crippen molar-refractivity contribution in [3.8, 4) is 11.1 Å². The third-order valence-electron chi connectivity index (χ3n) is 6.35. The minimum atomic E-state index is -0.618. The lowest BCUT2D eigenvalue weighted by Gasteiger charge is -2.20. The highest BCUT2D eigenvalue weighted by Crippen LogP contribution is 2.35. The minimum Gasteiger partial charge on any atom is -0.441 e. The van der Waals surface area contributed by atoms with Gasteiger partial charge in [-0.3, -0.25) is 4.79 Å². The van der Waals surface area contributed by atoms with Crippen LogP contribution < -0.4 is 16.2 Å². The Morgan fingerprint density at radius 1 is 1.23 bits per heavy atom. The molecule has 0 radical (unpaired) electrons. The van der Waals surface area contributed by atoms with Crippen LogP contribution in [0.4, 0.5) is 14.9 Å². The van der Waals surface area contributed by atoms with E-state index in [1.54, 1.807) is 37.4 Å². The molecule has 35 heavy (non-hydrogen) atoms. The molecular weight excluding hydrogens is 471 g/mol. The first-order valence-electron chi connectivity index (χ1n) is 11.4. The highest BCUT2D eigenvalue weighted by atomic mass is 35.5. The number of urea groups is 1. The Bertz CT molecular complexity index is 1500. The molecule has 4 aromatic rings. The number of rotatable bonds is 3. The Balaban J connectivity index is 1.36. The Labute approximate surface area is 205 Å². The molecule has 180 valence electrons. The van der Waals surface area contributed by atoms with Crippen molar-refractivity contribution in [1.82, 2.24) is 15.3 Å². The standard InChI is InChI=1S/C26H24ClFN4O3/c1-13-3-5-21(18-12-29-25(33)9-16(18)7-13)31-26(34)32-23-11-19(27)17(10-20(23)28)15-4-6-22-24(8-15)35-14(2)30-22/h4,6,8-13,21H,3,5,7H2,1-2H3,(H,29,33)(H2,31,32,34)/t13-,21+/m0/s1. The van der Waals surface area contributed by atoms with Gasteiger partial charge in [-0.2, -0.15) is 0 Å². The molecule has 1 aliphatic rings. The molecule has 2 heterocycles. The van der Waals surface area contributed by atoms with Crippen molar-refractivity contribution in [3.05, 3.63) is 80.8 Å². The van der Waals surface area contributed by atoms with Crippen LogP contribution in [-0.2, 0) is 6.42 Å². The summed E-state index contributed by atoms with van der Waals surface area (Å²) in [5.41, 5.74) is 4.02. The summed E-state index contributed by atoms with van der Waals surface area (Å²) in [6.07, 6.45) is 4.01. The zero-order valence-corrected chi connectivity index (χ0v) is 20.0. The van der Waals surface area contributed by atoms with Gasteiger partial charge in [0.1, 0.15) is 11.3 Å². The van der Waals surface area contributed by atoms with E-state index >= 15 is 0 Å². The van der Waals surface area contributed by atoms with Crippen molar-refractivity contribution in [2.24, 2.45) is 5.92 Å². The van der Waals surface area contributed by atoms with Gasteiger partial charge in [-0.15, -0.1) is 0 Å². The Hall–Kier alpha value is -3.65. The van der Waals surface area contributed by atoms with Gasteiger partial charge in [0.25, 0.3) is 0 Å².